The zero-order chi connectivity index (χ0) is 20.5. The molecule has 146 valence electrons. The van der Waals surface area contributed by atoms with Crippen LogP contribution in [-0.4, -0.2) is 27.5 Å². The third-order valence-corrected chi connectivity index (χ3v) is 3.92. The van der Waals surface area contributed by atoms with Gasteiger partial charge in [-0.25, -0.2) is 4.79 Å². The Morgan fingerprint density at radius 2 is 1.85 bits per heavy atom. The number of Topliss-reactive ketones (excluding diaryl/α,β-unsaturated/α-hetero) is 1. The molecule has 1 amide bonds. The highest BCUT2D eigenvalue weighted by Gasteiger charge is 2.28. The molecular weight excluding hydrogens is 348 g/mol. The largest absolute Gasteiger partial charge is 0.492 e. The quantitative estimate of drug-likeness (QED) is 0.780. The summed E-state index contributed by atoms with van der Waals surface area (Å²) in [4.78, 5) is 41.6. The number of anilines is 1. The highest BCUT2D eigenvalue weighted by molar-refractivity contribution is 6.10. The first-order chi connectivity index (χ1) is 12.4. The first kappa shape index (κ1) is 20.5. The summed E-state index contributed by atoms with van der Waals surface area (Å²) in [6.45, 7) is 10.3. The van der Waals surface area contributed by atoms with E-state index in [9.17, 15) is 19.5 Å². The number of fused-ring (bicyclic) bond motifs is 1. The molecule has 1 aromatic heterocycles. The number of nitrogens with zero attached hydrogens (tertiary/aromatic N) is 1. The van der Waals surface area contributed by atoms with Crippen LogP contribution in [0.1, 0.15) is 58.3 Å². The lowest BCUT2D eigenvalue weighted by Crippen LogP contribution is -2.31. The standard InChI is InChI=1S/C20H26N2O5/c1-11(2)9-16(24)21-13-7-8-14-15(10-13)22(18(25)17(14)12(3)23)27-19(26)20(4,5)6/h7-8,10-11,25H,9H2,1-6H3,(H,21,24). The van der Waals surface area contributed by atoms with Gasteiger partial charge in [0.2, 0.25) is 11.8 Å². The minimum Gasteiger partial charge on any atom is -0.492 e. The molecule has 0 aliphatic heterocycles. The number of benzene rings is 1. The van der Waals surface area contributed by atoms with Gasteiger partial charge in [0.15, 0.2) is 5.78 Å². The van der Waals surface area contributed by atoms with Crippen molar-refractivity contribution in [3.8, 4) is 5.88 Å². The van der Waals surface area contributed by atoms with E-state index in [0.29, 0.717) is 23.0 Å². The van der Waals surface area contributed by atoms with Gasteiger partial charge in [0, 0.05) is 17.5 Å². The molecule has 27 heavy (non-hydrogen) atoms. The van der Waals surface area contributed by atoms with Crippen LogP contribution in [0, 0.1) is 11.3 Å². The average Bonchev–Trinajstić information content (AvgIpc) is 2.77. The molecule has 0 saturated carbocycles. The number of carbonyl (C=O) groups is 3. The van der Waals surface area contributed by atoms with Crippen molar-refractivity contribution in [2.75, 3.05) is 5.32 Å². The van der Waals surface area contributed by atoms with E-state index in [2.05, 4.69) is 5.32 Å². The minimum absolute atomic E-state index is 0.0618. The normalized spacial score (nSPS) is 11.7. The maximum Gasteiger partial charge on any atom is 0.338 e. The van der Waals surface area contributed by atoms with E-state index in [4.69, 9.17) is 4.84 Å². The molecule has 0 aliphatic carbocycles. The summed E-state index contributed by atoms with van der Waals surface area (Å²) in [5, 5.41) is 13.7. The van der Waals surface area contributed by atoms with Gasteiger partial charge in [-0.05, 0) is 51.8 Å². The van der Waals surface area contributed by atoms with Crippen LogP contribution in [0.4, 0.5) is 5.69 Å². The Kier molecular flexibility index (Phi) is 5.63. The van der Waals surface area contributed by atoms with Gasteiger partial charge in [-0.3, -0.25) is 9.59 Å². The summed E-state index contributed by atoms with van der Waals surface area (Å²) in [6, 6.07) is 4.82. The summed E-state index contributed by atoms with van der Waals surface area (Å²) >= 11 is 0. The highest BCUT2D eigenvalue weighted by Crippen LogP contribution is 2.33. The van der Waals surface area contributed by atoms with E-state index in [1.165, 1.54) is 6.92 Å². The van der Waals surface area contributed by atoms with Crippen LogP contribution in [0.2, 0.25) is 0 Å². The second kappa shape index (κ2) is 7.42. The van der Waals surface area contributed by atoms with E-state index in [1.807, 2.05) is 13.8 Å². The van der Waals surface area contributed by atoms with Crippen molar-refractivity contribution in [2.24, 2.45) is 11.3 Å². The number of nitrogens with one attached hydrogen (secondary N) is 1. The van der Waals surface area contributed by atoms with Gasteiger partial charge in [0.25, 0.3) is 0 Å². The predicted molar refractivity (Wildman–Crippen MR) is 103 cm³/mol. The van der Waals surface area contributed by atoms with E-state index in [0.717, 1.165) is 4.73 Å². The highest BCUT2D eigenvalue weighted by atomic mass is 16.7. The summed E-state index contributed by atoms with van der Waals surface area (Å²) in [7, 11) is 0. The van der Waals surface area contributed by atoms with Gasteiger partial charge >= 0.3 is 5.97 Å². The Hall–Kier alpha value is -2.83. The van der Waals surface area contributed by atoms with E-state index in [-0.39, 0.29) is 23.2 Å². The first-order valence-corrected chi connectivity index (χ1v) is 8.82. The fraction of sp³-hybridized carbons (Fsp3) is 0.450. The lowest BCUT2D eigenvalue weighted by molar-refractivity contribution is -0.153. The summed E-state index contributed by atoms with van der Waals surface area (Å²) in [6.07, 6.45) is 0.363. The number of hydrogen-bond acceptors (Lipinski definition) is 5. The lowest BCUT2D eigenvalue weighted by atomic mass is 9.98. The van der Waals surface area contributed by atoms with Crippen molar-refractivity contribution in [1.29, 1.82) is 0 Å². The summed E-state index contributed by atoms with van der Waals surface area (Å²) < 4.78 is 0.942. The predicted octanol–water partition coefficient (Wildman–Crippen LogP) is 3.54. The molecule has 0 aliphatic rings. The second-order valence-corrected chi connectivity index (χ2v) is 8.06. The van der Waals surface area contributed by atoms with E-state index >= 15 is 0 Å². The van der Waals surface area contributed by atoms with Gasteiger partial charge in [0.05, 0.1) is 16.5 Å². The van der Waals surface area contributed by atoms with Crippen molar-refractivity contribution in [3.05, 3.63) is 23.8 Å². The molecule has 7 heteroatoms. The monoisotopic (exact) mass is 374 g/mol. The van der Waals surface area contributed by atoms with Crippen LogP contribution in [0.5, 0.6) is 5.88 Å². The Balaban J connectivity index is 2.53. The second-order valence-electron chi connectivity index (χ2n) is 8.06. The Morgan fingerprint density at radius 1 is 1.22 bits per heavy atom. The molecule has 0 unspecified atom stereocenters. The van der Waals surface area contributed by atoms with Crippen molar-refractivity contribution in [3.63, 3.8) is 0 Å². The Bertz CT molecular complexity index is 903. The maximum atomic E-state index is 12.3. The fourth-order valence-electron chi connectivity index (χ4n) is 2.57. The molecule has 7 nitrogen and oxygen atoms in total. The van der Waals surface area contributed by atoms with Gasteiger partial charge in [0.1, 0.15) is 0 Å². The molecule has 0 radical (unpaired) electrons. The summed E-state index contributed by atoms with van der Waals surface area (Å²) in [5.74, 6) is -1.32. The van der Waals surface area contributed by atoms with Crippen LogP contribution in [0.25, 0.3) is 10.9 Å². The number of ketones is 1. The molecule has 1 aromatic carbocycles. The number of hydrogen-bond donors (Lipinski definition) is 2. The van der Waals surface area contributed by atoms with Crippen molar-refractivity contribution in [2.45, 2.75) is 48.0 Å². The van der Waals surface area contributed by atoms with Gasteiger partial charge in [-0.1, -0.05) is 13.8 Å². The van der Waals surface area contributed by atoms with Gasteiger partial charge < -0.3 is 15.3 Å². The molecule has 0 saturated heterocycles. The van der Waals surface area contributed by atoms with Crippen molar-refractivity contribution < 1.29 is 24.3 Å². The number of aromatic hydroxyl groups is 1. The van der Waals surface area contributed by atoms with Crippen molar-refractivity contribution in [1.82, 2.24) is 4.73 Å². The van der Waals surface area contributed by atoms with Crippen molar-refractivity contribution >= 4 is 34.3 Å². The number of amides is 1. The third kappa shape index (κ3) is 4.48. The third-order valence-electron chi connectivity index (χ3n) is 3.92. The minimum atomic E-state index is -0.803. The average molecular weight is 374 g/mol. The van der Waals surface area contributed by atoms with Crippen LogP contribution in [-0.2, 0) is 9.59 Å². The Morgan fingerprint density at radius 3 is 2.37 bits per heavy atom. The fourth-order valence-corrected chi connectivity index (χ4v) is 2.57. The number of carbonyl (C=O) groups excluding carboxylic acids is 3. The topological polar surface area (TPSA) is 97.6 Å². The van der Waals surface area contributed by atoms with Crippen LogP contribution < -0.4 is 10.2 Å². The lowest BCUT2D eigenvalue weighted by Gasteiger charge is -2.17. The smallest absolute Gasteiger partial charge is 0.338 e. The maximum absolute atomic E-state index is 12.3. The molecular formula is C20H26N2O5. The zero-order valence-corrected chi connectivity index (χ0v) is 16.5. The van der Waals surface area contributed by atoms with Crippen LogP contribution in [0.3, 0.4) is 0 Å². The Labute approximate surface area is 158 Å². The molecule has 0 spiro atoms. The van der Waals surface area contributed by atoms with E-state index in [1.54, 1.807) is 39.0 Å². The van der Waals surface area contributed by atoms with Gasteiger partial charge in [-0.2, -0.15) is 0 Å². The number of rotatable bonds is 5. The molecule has 2 N–H and O–H groups in total. The molecule has 1 heterocycles. The SMILES string of the molecule is CC(=O)c1c(O)n(OC(=O)C(C)(C)C)c2cc(NC(=O)CC(C)C)ccc12. The summed E-state index contributed by atoms with van der Waals surface area (Å²) in [5.41, 5.74) is 0.0564. The van der Waals surface area contributed by atoms with E-state index < -0.39 is 17.3 Å². The molecule has 2 rings (SSSR count). The molecule has 0 fully saturated rings. The van der Waals surface area contributed by atoms with Crippen LogP contribution in [0.15, 0.2) is 18.2 Å². The van der Waals surface area contributed by atoms with Crippen LogP contribution >= 0.6 is 0 Å². The zero-order valence-electron chi connectivity index (χ0n) is 16.5. The first-order valence-electron chi connectivity index (χ1n) is 8.82. The molecule has 2 aromatic rings. The molecule has 0 atom stereocenters. The molecule has 0 bridgehead atoms. The van der Waals surface area contributed by atoms with Gasteiger partial charge in [-0.15, -0.1) is 4.73 Å². The number of aromatic nitrogens is 1.